The third-order valence-corrected chi connectivity index (χ3v) is 6.25. The van der Waals surface area contributed by atoms with E-state index < -0.39 is 28.3 Å². The lowest BCUT2D eigenvalue weighted by Gasteiger charge is -2.28. The van der Waals surface area contributed by atoms with Crippen molar-refractivity contribution in [2.75, 3.05) is 16.8 Å². The molecule has 2 amide bonds. The molecule has 5 rings (SSSR count). The Hall–Kier alpha value is -4.04. The SMILES string of the molecule is CN1C(=O)[C@@H]([C@@]2(O)C(=O)N(Cc3ccccc3)c3cc([N+](=O)[O-])ccc32)c2ccccc21. The minimum absolute atomic E-state index is 0.106. The summed E-state index contributed by atoms with van der Waals surface area (Å²) in [6, 6.07) is 20.1. The molecule has 8 heteroatoms. The van der Waals surface area contributed by atoms with E-state index in [1.54, 1.807) is 31.3 Å². The first-order chi connectivity index (χ1) is 15.3. The normalized spacial score (nSPS) is 21.6. The van der Waals surface area contributed by atoms with Crippen LogP contribution in [0.1, 0.15) is 22.6 Å². The van der Waals surface area contributed by atoms with Crippen LogP contribution in [-0.2, 0) is 21.7 Å². The van der Waals surface area contributed by atoms with Crippen LogP contribution in [0.3, 0.4) is 0 Å². The monoisotopic (exact) mass is 429 g/mol. The quantitative estimate of drug-likeness (QED) is 0.507. The molecule has 2 aliphatic heterocycles. The van der Waals surface area contributed by atoms with Crippen LogP contribution in [0, 0.1) is 10.1 Å². The van der Waals surface area contributed by atoms with Gasteiger partial charge >= 0.3 is 0 Å². The number of carbonyl (C=O) groups excluding carboxylic acids is 2. The second-order valence-electron chi connectivity index (χ2n) is 7.99. The minimum Gasteiger partial charge on any atom is -0.374 e. The summed E-state index contributed by atoms with van der Waals surface area (Å²) in [5.41, 5.74) is -0.0118. The van der Waals surface area contributed by atoms with Gasteiger partial charge in [0, 0.05) is 30.4 Å². The molecule has 0 fully saturated rings. The first kappa shape index (κ1) is 19.9. The Morgan fingerprint density at radius 3 is 2.41 bits per heavy atom. The summed E-state index contributed by atoms with van der Waals surface area (Å²) in [5, 5.41) is 23.3. The zero-order valence-corrected chi connectivity index (χ0v) is 17.1. The Labute approximate surface area is 183 Å². The maximum absolute atomic E-state index is 13.8. The van der Waals surface area contributed by atoms with E-state index in [0.29, 0.717) is 11.3 Å². The van der Waals surface area contributed by atoms with E-state index in [0.717, 1.165) is 5.56 Å². The summed E-state index contributed by atoms with van der Waals surface area (Å²) in [6.07, 6.45) is 0. The van der Waals surface area contributed by atoms with Crippen molar-refractivity contribution >= 4 is 28.9 Å². The third kappa shape index (κ3) is 2.66. The zero-order chi connectivity index (χ0) is 22.6. The molecule has 2 heterocycles. The van der Waals surface area contributed by atoms with Crippen LogP contribution in [0.5, 0.6) is 0 Å². The molecule has 3 aromatic rings. The largest absolute Gasteiger partial charge is 0.374 e. The fourth-order valence-corrected chi connectivity index (χ4v) is 4.70. The average molecular weight is 429 g/mol. The molecular formula is C24H19N3O5. The van der Waals surface area contributed by atoms with Crippen molar-refractivity contribution in [1.82, 2.24) is 0 Å². The molecule has 160 valence electrons. The Morgan fingerprint density at radius 2 is 1.69 bits per heavy atom. The molecule has 2 atom stereocenters. The Kier molecular flexibility index (Phi) is 4.35. The number of aliphatic hydroxyl groups is 1. The van der Waals surface area contributed by atoms with E-state index in [1.165, 1.54) is 28.0 Å². The van der Waals surface area contributed by atoms with Gasteiger partial charge in [-0.15, -0.1) is 0 Å². The number of non-ortho nitro benzene ring substituents is 1. The van der Waals surface area contributed by atoms with Gasteiger partial charge in [-0.3, -0.25) is 19.7 Å². The Balaban J connectivity index is 1.70. The molecule has 2 aliphatic rings. The van der Waals surface area contributed by atoms with Crippen LogP contribution in [-0.4, -0.2) is 28.9 Å². The van der Waals surface area contributed by atoms with Gasteiger partial charge in [-0.1, -0.05) is 48.5 Å². The fraction of sp³-hybridized carbons (Fsp3) is 0.167. The maximum Gasteiger partial charge on any atom is 0.271 e. The predicted octanol–water partition coefficient (Wildman–Crippen LogP) is 3.09. The second-order valence-corrected chi connectivity index (χ2v) is 7.99. The summed E-state index contributed by atoms with van der Waals surface area (Å²) in [6.45, 7) is 0.106. The number of likely N-dealkylation sites (N-methyl/N-ethyl adjacent to an activating group) is 1. The van der Waals surface area contributed by atoms with E-state index in [9.17, 15) is 24.8 Å². The van der Waals surface area contributed by atoms with Crippen molar-refractivity contribution in [3.8, 4) is 0 Å². The Bertz CT molecular complexity index is 1280. The number of fused-ring (bicyclic) bond motifs is 2. The van der Waals surface area contributed by atoms with Gasteiger partial charge in [0.2, 0.25) is 5.91 Å². The first-order valence-electron chi connectivity index (χ1n) is 10.1. The number of carbonyl (C=O) groups is 2. The maximum atomic E-state index is 13.8. The number of anilines is 2. The van der Waals surface area contributed by atoms with Crippen molar-refractivity contribution in [2.45, 2.75) is 18.1 Å². The highest BCUT2D eigenvalue weighted by atomic mass is 16.6. The summed E-state index contributed by atoms with van der Waals surface area (Å²) in [4.78, 5) is 40.6. The van der Waals surface area contributed by atoms with Crippen LogP contribution < -0.4 is 9.80 Å². The molecule has 1 N–H and O–H groups in total. The summed E-state index contributed by atoms with van der Waals surface area (Å²) in [5.74, 6) is -2.25. The number of rotatable bonds is 4. The molecule has 32 heavy (non-hydrogen) atoms. The van der Waals surface area contributed by atoms with E-state index in [1.807, 2.05) is 30.3 Å². The van der Waals surface area contributed by atoms with Gasteiger partial charge in [-0.05, 0) is 23.3 Å². The number of nitro benzene ring substituents is 1. The van der Waals surface area contributed by atoms with Crippen LogP contribution in [0.4, 0.5) is 17.1 Å². The molecule has 0 saturated heterocycles. The lowest BCUT2D eigenvalue weighted by molar-refractivity contribution is -0.384. The van der Waals surface area contributed by atoms with Gasteiger partial charge in [-0.25, -0.2) is 0 Å². The molecule has 0 aliphatic carbocycles. The highest BCUT2D eigenvalue weighted by Gasteiger charge is 2.60. The average Bonchev–Trinajstić information content (AvgIpc) is 3.18. The lowest BCUT2D eigenvalue weighted by atomic mass is 9.78. The topological polar surface area (TPSA) is 104 Å². The summed E-state index contributed by atoms with van der Waals surface area (Å²) < 4.78 is 0. The van der Waals surface area contributed by atoms with Gasteiger partial charge < -0.3 is 14.9 Å². The minimum atomic E-state index is -2.18. The first-order valence-corrected chi connectivity index (χ1v) is 10.1. The van der Waals surface area contributed by atoms with Crippen molar-refractivity contribution in [2.24, 2.45) is 0 Å². The molecule has 0 unspecified atom stereocenters. The number of benzene rings is 3. The van der Waals surface area contributed by atoms with E-state index in [4.69, 9.17) is 0 Å². The third-order valence-electron chi connectivity index (χ3n) is 6.25. The highest BCUT2D eigenvalue weighted by Crippen LogP contribution is 2.53. The molecule has 3 aromatic carbocycles. The molecular weight excluding hydrogens is 410 g/mol. The summed E-state index contributed by atoms with van der Waals surface area (Å²) in [7, 11) is 1.60. The van der Waals surface area contributed by atoms with Crippen molar-refractivity contribution in [3.05, 3.63) is 99.6 Å². The smallest absolute Gasteiger partial charge is 0.271 e. The summed E-state index contributed by atoms with van der Waals surface area (Å²) >= 11 is 0. The zero-order valence-electron chi connectivity index (χ0n) is 17.1. The molecule has 8 nitrogen and oxygen atoms in total. The highest BCUT2D eigenvalue weighted by molar-refractivity contribution is 6.15. The van der Waals surface area contributed by atoms with Gasteiger partial charge in [-0.2, -0.15) is 0 Å². The van der Waals surface area contributed by atoms with Crippen molar-refractivity contribution in [1.29, 1.82) is 0 Å². The van der Waals surface area contributed by atoms with Crippen LogP contribution >= 0.6 is 0 Å². The van der Waals surface area contributed by atoms with Gasteiger partial charge in [0.15, 0.2) is 5.60 Å². The molecule has 0 aromatic heterocycles. The molecule has 0 spiro atoms. The van der Waals surface area contributed by atoms with Crippen LogP contribution in [0.25, 0.3) is 0 Å². The number of nitrogens with zero attached hydrogens (tertiary/aromatic N) is 3. The van der Waals surface area contributed by atoms with E-state index in [2.05, 4.69) is 0 Å². The number of amides is 2. The molecule has 0 radical (unpaired) electrons. The van der Waals surface area contributed by atoms with Crippen LogP contribution in [0.2, 0.25) is 0 Å². The number of hydrogen-bond acceptors (Lipinski definition) is 5. The Morgan fingerprint density at radius 1 is 1.00 bits per heavy atom. The molecule has 0 bridgehead atoms. The number of para-hydroxylation sites is 1. The number of hydrogen-bond donors (Lipinski definition) is 1. The van der Waals surface area contributed by atoms with E-state index in [-0.39, 0.29) is 23.5 Å². The predicted molar refractivity (Wildman–Crippen MR) is 117 cm³/mol. The fourth-order valence-electron chi connectivity index (χ4n) is 4.70. The van der Waals surface area contributed by atoms with Crippen molar-refractivity contribution < 1.29 is 19.6 Å². The second kappa shape index (κ2) is 7.00. The van der Waals surface area contributed by atoms with Crippen molar-refractivity contribution in [3.63, 3.8) is 0 Å². The lowest BCUT2D eigenvalue weighted by Crippen LogP contribution is -2.47. The van der Waals surface area contributed by atoms with Crippen LogP contribution in [0.15, 0.2) is 72.8 Å². The molecule has 0 saturated carbocycles. The van der Waals surface area contributed by atoms with E-state index >= 15 is 0 Å². The standard InChI is InChI=1S/C24H19N3O5/c1-25-19-10-6-5-9-17(19)21(22(25)28)24(30)18-12-11-16(27(31)32)13-20(18)26(23(24)29)14-15-7-3-2-4-8-15/h2-13,21,30H,14H2,1H3/t21-,24+/m0/s1. The van der Waals surface area contributed by atoms with Gasteiger partial charge in [0.1, 0.15) is 5.92 Å². The number of nitro groups is 1. The van der Waals surface area contributed by atoms with Gasteiger partial charge in [0.05, 0.1) is 17.2 Å². The van der Waals surface area contributed by atoms with Gasteiger partial charge in [0.25, 0.3) is 11.6 Å².